The zero-order chi connectivity index (χ0) is 13.3. The third-order valence-electron chi connectivity index (χ3n) is 3.15. The molecule has 0 saturated carbocycles. The van der Waals surface area contributed by atoms with Crippen molar-refractivity contribution >= 4 is 11.9 Å². The van der Waals surface area contributed by atoms with Crippen LogP contribution in [0.25, 0.3) is 0 Å². The van der Waals surface area contributed by atoms with E-state index in [1.54, 1.807) is 21.0 Å². The number of hydrogen-bond acceptors (Lipinski definition) is 3. The molecule has 0 aliphatic heterocycles. The van der Waals surface area contributed by atoms with Crippen molar-refractivity contribution in [2.45, 2.75) is 39.5 Å². The Morgan fingerprint density at radius 1 is 1.29 bits per heavy atom. The molecule has 0 aromatic carbocycles. The Morgan fingerprint density at radius 2 is 1.88 bits per heavy atom. The monoisotopic (exact) mass is 245 g/mol. The van der Waals surface area contributed by atoms with Crippen molar-refractivity contribution in [1.29, 1.82) is 0 Å². The Balaban J connectivity index is 4.18. The molecule has 2 N–H and O–H groups in total. The largest absolute Gasteiger partial charge is 0.481 e. The molecule has 100 valence electrons. The number of hydrogen-bond donors (Lipinski definition) is 2. The Labute approximate surface area is 103 Å². The van der Waals surface area contributed by atoms with Crippen LogP contribution in [-0.2, 0) is 14.3 Å². The normalized spacial score (nSPS) is 11.2. The van der Waals surface area contributed by atoms with E-state index in [1.807, 2.05) is 0 Å². The molecule has 0 radical (unpaired) electrons. The highest BCUT2D eigenvalue weighted by molar-refractivity contribution is 5.84. The van der Waals surface area contributed by atoms with Crippen LogP contribution < -0.4 is 5.32 Å². The van der Waals surface area contributed by atoms with E-state index in [9.17, 15) is 14.7 Å². The highest BCUT2D eigenvalue weighted by Gasteiger charge is 2.36. The summed E-state index contributed by atoms with van der Waals surface area (Å²) in [6.07, 6.45) is 1.71. The van der Waals surface area contributed by atoms with Gasteiger partial charge in [0.05, 0.1) is 5.41 Å². The summed E-state index contributed by atoms with van der Waals surface area (Å²) in [6, 6.07) is 0. The fraction of sp³-hybridized carbons (Fsp3) is 0.833. The Morgan fingerprint density at radius 3 is 2.29 bits per heavy atom. The van der Waals surface area contributed by atoms with E-state index < -0.39 is 11.4 Å². The van der Waals surface area contributed by atoms with E-state index in [2.05, 4.69) is 5.32 Å². The third-order valence-corrected chi connectivity index (χ3v) is 3.15. The zero-order valence-corrected chi connectivity index (χ0v) is 10.9. The standard InChI is InChI=1S/C12H23NO4/c1-4-12(5-2,11(15)16)9-10(14)13-7-6-8-17-3/h4-9H2,1-3H3,(H,13,14)(H,15,16). The minimum absolute atomic E-state index is 0.0440. The van der Waals surface area contributed by atoms with E-state index >= 15 is 0 Å². The lowest BCUT2D eigenvalue weighted by atomic mass is 9.79. The molecule has 5 heteroatoms. The average molecular weight is 245 g/mol. The first-order valence-electron chi connectivity index (χ1n) is 6.01. The smallest absolute Gasteiger partial charge is 0.310 e. The third kappa shape index (κ3) is 5.17. The maximum Gasteiger partial charge on any atom is 0.310 e. The number of carbonyl (C=O) groups is 2. The lowest BCUT2D eigenvalue weighted by Gasteiger charge is -2.25. The molecule has 0 aromatic heterocycles. The van der Waals surface area contributed by atoms with Gasteiger partial charge in [-0.2, -0.15) is 0 Å². The molecule has 0 bridgehead atoms. The number of carbonyl (C=O) groups excluding carboxylic acids is 1. The molecule has 0 aromatic rings. The van der Waals surface area contributed by atoms with Gasteiger partial charge in [-0.3, -0.25) is 9.59 Å². The van der Waals surface area contributed by atoms with Crippen molar-refractivity contribution in [2.24, 2.45) is 5.41 Å². The van der Waals surface area contributed by atoms with Crippen LogP contribution in [0.2, 0.25) is 0 Å². The second kappa shape index (κ2) is 8.06. The fourth-order valence-electron chi connectivity index (χ4n) is 1.69. The van der Waals surface area contributed by atoms with E-state index in [0.29, 0.717) is 26.0 Å². The summed E-state index contributed by atoms with van der Waals surface area (Å²) in [5.74, 6) is -1.10. The number of carboxylic acid groups (broad SMARTS) is 1. The summed E-state index contributed by atoms with van der Waals surface area (Å²) < 4.78 is 4.86. The molecule has 17 heavy (non-hydrogen) atoms. The molecule has 0 unspecified atom stereocenters. The zero-order valence-electron chi connectivity index (χ0n) is 10.9. The van der Waals surface area contributed by atoms with Crippen molar-refractivity contribution in [3.8, 4) is 0 Å². The van der Waals surface area contributed by atoms with Gasteiger partial charge in [-0.15, -0.1) is 0 Å². The van der Waals surface area contributed by atoms with Crippen molar-refractivity contribution in [2.75, 3.05) is 20.3 Å². The Hall–Kier alpha value is -1.10. The van der Waals surface area contributed by atoms with E-state index in [1.165, 1.54) is 0 Å². The van der Waals surface area contributed by atoms with Crippen molar-refractivity contribution < 1.29 is 19.4 Å². The quantitative estimate of drug-likeness (QED) is 0.602. The molecule has 0 rings (SSSR count). The maximum absolute atomic E-state index is 11.6. The Kier molecular flexibility index (Phi) is 7.54. The first kappa shape index (κ1) is 15.9. The van der Waals surface area contributed by atoms with Gasteiger partial charge in [-0.05, 0) is 19.3 Å². The number of ether oxygens (including phenoxy) is 1. The molecule has 5 nitrogen and oxygen atoms in total. The molecule has 0 spiro atoms. The molecular weight excluding hydrogens is 222 g/mol. The van der Waals surface area contributed by atoms with Crippen LogP contribution in [-0.4, -0.2) is 37.2 Å². The molecule has 0 aliphatic carbocycles. The summed E-state index contributed by atoms with van der Waals surface area (Å²) in [5, 5.41) is 11.9. The van der Waals surface area contributed by atoms with Gasteiger partial charge in [0.2, 0.25) is 5.91 Å². The van der Waals surface area contributed by atoms with Gasteiger partial charge in [-0.25, -0.2) is 0 Å². The lowest BCUT2D eigenvalue weighted by molar-refractivity contribution is -0.152. The summed E-state index contributed by atoms with van der Waals surface area (Å²) >= 11 is 0. The van der Waals surface area contributed by atoms with Crippen LogP contribution in [0.15, 0.2) is 0 Å². The SMILES string of the molecule is CCC(CC)(CC(=O)NCCCOC)C(=O)O. The number of rotatable bonds is 9. The first-order chi connectivity index (χ1) is 8.02. The number of nitrogens with one attached hydrogen (secondary N) is 1. The summed E-state index contributed by atoms with van der Waals surface area (Å²) in [7, 11) is 1.60. The summed E-state index contributed by atoms with van der Waals surface area (Å²) in [5.41, 5.74) is -0.925. The highest BCUT2D eigenvalue weighted by Crippen LogP contribution is 2.30. The second-order valence-electron chi connectivity index (χ2n) is 4.17. The summed E-state index contributed by atoms with van der Waals surface area (Å²) in [4.78, 5) is 22.8. The summed E-state index contributed by atoms with van der Waals surface area (Å²) in [6.45, 7) is 4.72. The van der Waals surface area contributed by atoms with Gasteiger partial charge in [0, 0.05) is 26.7 Å². The lowest BCUT2D eigenvalue weighted by Crippen LogP contribution is -2.37. The predicted molar refractivity (Wildman–Crippen MR) is 64.8 cm³/mol. The van der Waals surface area contributed by atoms with Gasteiger partial charge in [-0.1, -0.05) is 13.8 Å². The molecule has 0 atom stereocenters. The van der Waals surface area contributed by atoms with Gasteiger partial charge in [0.25, 0.3) is 0 Å². The number of amides is 1. The molecule has 0 saturated heterocycles. The minimum atomic E-state index is -0.925. The molecule has 0 aliphatic rings. The number of aliphatic carboxylic acids is 1. The second-order valence-corrected chi connectivity index (χ2v) is 4.17. The van der Waals surface area contributed by atoms with E-state index in [0.717, 1.165) is 6.42 Å². The van der Waals surface area contributed by atoms with Gasteiger partial charge in [0.1, 0.15) is 0 Å². The first-order valence-corrected chi connectivity index (χ1v) is 6.01. The molecule has 0 fully saturated rings. The molecule has 1 amide bonds. The highest BCUT2D eigenvalue weighted by atomic mass is 16.5. The molecular formula is C12H23NO4. The number of methoxy groups -OCH3 is 1. The van der Waals surface area contributed by atoms with Crippen molar-refractivity contribution in [1.82, 2.24) is 5.32 Å². The fourth-order valence-corrected chi connectivity index (χ4v) is 1.69. The maximum atomic E-state index is 11.6. The van der Waals surface area contributed by atoms with Crippen LogP contribution in [0.3, 0.4) is 0 Å². The van der Waals surface area contributed by atoms with Crippen LogP contribution in [0.1, 0.15) is 39.5 Å². The van der Waals surface area contributed by atoms with Gasteiger partial charge < -0.3 is 15.2 Å². The van der Waals surface area contributed by atoms with Gasteiger partial charge in [0.15, 0.2) is 0 Å². The van der Waals surface area contributed by atoms with Crippen LogP contribution in [0, 0.1) is 5.41 Å². The van der Waals surface area contributed by atoms with Crippen molar-refractivity contribution in [3.05, 3.63) is 0 Å². The number of carboxylic acids is 1. The topological polar surface area (TPSA) is 75.6 Å². The predicted octanol–water partition coefficient (Wildman–Crippen LogP) is 1.42. The van der Waals surface area contributed by atoms with Crippen LogP contribution in [0.5, 0.6) is 0 Å². The van der Waals surface area contributed by atoms with E-state index in [4.69, 9.17) is 4.74 Å². The van der Waals surface area contributed by atoms with E-state index in [-0.39, 0.29) is 12.3 Å². The average Bonchev–Trinajstić information content (AvgIpc) is 2.31. The van der Waals surface area contributed by atoms with Gasteiger partial charge >= 0.3 is 5.97 Å². The van der Waals surface area contributed by atoms with Crippen LogP contribution >= 0.6 is 0 Å². The van der Waals surface area contributed by atoms with Crippen LogP contribution in [0.4, 0.5) is 0 Å². The Bertz CT molecular complexity index is 249. The molecule has 0 heterocycles. The van der Waals surface area contributed by atoms with Crippen molar-refractivity contribution in [3.63, 3.8) is 0 Å². The minimum Gasteiger partial charge on any atom is -0.481 e.